The SMILES string of the molecule is CCN(c1cccc2ccccc12)S(=O)(=O)c1ccc(OC)c(OC)c1. The summed E-state index contributed by atoms with van der Waals surface area (Å²) in [5.41, 5.74) is 0.653. The lowest BCUT2D eigenvalue weighted by atomic mass is 10.1. The van der Waals surface area contributed by atoms with Crippen molar-refractivity contribution < 1.29 is 17.9 Å². The van der Waals surface area contributed by atoms with Gasteiger partial charge in [0.05, 0.1) is 24.8 Å². The van der Waals surface area contributed by atoms with Crippen molar-refractivity contribution in [2.24, 2.45) is 0 Å². The van der Waals surface area contributed by atoms with Crippen molar-refractivity contribution in [3.05, 3.63) is 60.7 Å². The second-order valence-electron chi connectivity index (χ2n) is 5.68. The average molecular weight is 371 g/mol. The first kappa shape index (κ1) is 18.1. The standard InChI is InChI=1S/C20H21NO4S/c1-4-21(18-11-7-9-15-8-5-6-10-17(15)18)26(22,23)16-12-13-19(24-2)20(14-16)25-3/h5-14H,4H2,1-3H3. The average Bonchev–Trinajstić information content (AvgIpc) is 2.68. The van der Waals surface area contributed by atoms with E-state index < -0.39 is 10.0 Å². The maximum atomic E-state index is 13.3. The molecule has 0 aliphatic heterocycles. The van der Waals surface area contributed by atoms with Crippen molar-refractivity contribution in [1.29, 1.82) is 0 Å². The molecule has 0 fully saturated rings. The van der Waals surface area contributed by atoms with Crippen molar-refractivity contribution in [3.63, 3.8) is 0 Å². The second kappa shape index (κ2) is 7.25. The Labute approximate surface area is 153 Å². The molecule has 3 aromatic rings. The van der Waals surface area contributed by atoms with E-state index in [4.69, 9.17) is 9.47 Å². The molecule has 0 N–H and O–H groups in total. The molecule has 26 heavy (non-hydrogen) atoms. The minimum atomic E-state index is -3.76. The van der Waals surface area contributed by atoms with Gasteiger partial charge in [-0.15, -0.1) is 0 Å². The summed E-state index contributed by atoms with van der Waals surface area (Å²) in [6.07, 6.45) is 0. The first-order valence-corrected chi connectivity index (χ1v) is 9.69. The number of benzene rings is 3. The molecule has 0 radical (unpaired) electrons. The molecule has 0 saturated carbocycles. The Hall–Kier alpha value is -2.73. The molecule has 0 spiro atoms. The topological polar surface area (TPSA) is 55.8 Å². The van der Waals surface area contributed by atoms with E-state index in [1.165, 1.54) is 30.7 Å². The van der Waals surface area contributed by atoms with Gasteiger partial charge in [0.2, 0.25) is 0 Å². The summed E-state index contributed by atoms with van der Waals surface area (Å²) in [5, 5.41) is 1.88. The lowest BCUT2D eigenvalue weighted by Gasteiger charge is -2.24. The number of hydrogen-bond donors (Lipinski definition) is 0. The Morgan fingerprint density at radius 1 is 0.885 bits per heavy atom. The molecule has 6 heteroatoms. The summed E-state index contributed by atoms with van der Waals surface area (Å²) in [6.45, 7) is 2.13. The zero-order valence-electron chi connectivity index (χ0n) is 15.0. The highest BCUT2D eigenvalue weighted by Gasteiger charge is 2.26. The number of fused-ring (bicyclic) bond motifs is 1. The first-order valence-electron chi connectivity index (χ1n) is 8.25. The minimum absolute atomic E-state index is 0.157. The molecule has 0 aliphatic rings. The molecule has 0 amide bonds. The van der Waals surface area contributed by atoms with E-state index in [0.717, 1.165) is 10.8 Å². The van der Waals surface area contributed by atoms with Gasteiger partial charge in [-0.3, -0.25) is 4.31 Å². The normalized spacial score (nSPS) is 11.3. The molecule has 0 atom stereocenters. The van der Waals surface area contributed by atoms with Crippen LogP contribution in [0.15, 0.2) is 65.6 Å². The van der Waals surface area contributed by atoms with Crippen molar-refractivity contribution in [2.45, 2.75) is 11.8 Å². The van der Waals surface area contributed by atoms with Crippen LogP contribution in [0.2, 0.25) is 0 Å². The summed E-state index contributed by atoms with van der Waals surface area (Å²) >= 11 is 0. The molecule has 3 aromatic carbocycles. The van der Waals surface area contributed by atoms with Gasteiger partial charge in [0.15, 0.2) is 11.5 Å². The molecule has 136 valence electrons. The van der Waals surface area contributed by atoms with Gasteiger partial charge >= 0.3 is 0 Å². The predicted molar refractivity (Wildman–Crippen MR) is 104 cm³/mol. The second-order valence-corrected chi connectivity index (χ2v) is 7.55. The number of hydrogen-bond acceptors (Lipinski definition) is 4. The summed E-state index contributed by atoms with van der Waals surface area (Å²) < 4.78 is 38.5. The van der Waals surface area contributed by atoms with Crippen molar-refractivity contribution in [3.8, 4) is 11.5 Å². The fourth-order valence-electron chi connectivity index (χ4n) is 3.00. The Balaban J connectivity index is 2.15. The zero-order chi connectivity index (χ0) is 18.7. The van der Waals surface area contributed by atoms with E-state index in [2.05, 4.69) is 0 Å². The molecule has 5 nitrogen and oxygen atoms in total. The van der Waals surface area contributed by atoms with Gasteiger partial charge in [0.1, 0.15) is 0 Å². The van der Waals surface area contributed by atoms with E-state index in [1.54, 1.807) is 6.07 Å². The molecule has 0 aromatic heterocycles. The van der Waals surface area contributed by atoms with Gasteiger partial charge in [-0.05, 0) is 30.5 Å². The third-order valence-electron chi connectivity index (χ3n) is 4.27. The van der Waals surface area contributed by atoms with Crippen molar-refractivity contribution in [1.82, 2.24) is 0 Å². The monoisotopic (exact) mass is 371 g/mol. The molecule has 0 unspecified atom stereocenters. The molecular weight excluding hydrogens is 350 g/mol. The van der Waals surface area contributed by atoms with Crippen LogP contribution >= 0.6 is 0 Å². The Morgan fingerprint density at radius 3 is 2.27 bits per heavy atom. The van der Waals surface area contributed by atoms with Crippen LogP contribution in [0.25, 0.3) is 10.8 Å². The molecule has 3 rings (SSSR count). The summed E-state index contributed by atoms with van der Waals surface area (Å²) in [5.74, 6) is 0.863. The van der Waals surface area contributed by atoms with Gasteiger partial charge in [-0.25, -0.2) is 8.42 Å². The van der Waals surface area contributed by atoms with E-state index >= 15 is 0 Å². The molecule has 0 aliphatic carbocycles. The summed E-state index contributed by atoms with van der Waals surface area (Å²) in [6, 6.07) is 18.0. The van der Waals surface area contributed by atoms with Crippen molar-refractivity contribution >= 4 is 26.5 Å². The fraction of sp³-hybridized carbons (Fsp3) is 0.200. The highest BCUT2D eigenvalue weighted by atomic mass is 32.2. The Kier molecular flexibility index (Phi) is 5.04. The van der Waals surface area contributed by atoms with E-state index in [9.17, 15) is 8.42 Å². The van der Waals surface area contributed by atoms with Crippen LogP contribution in [0.1, 0.15) is 6.92 Å². The number of rotatable bonds is 6. The summed E-state index contributed by atoms with van der Waals surface area (Å²) in [4.78, 5) is 0.157. The smallest absolute Gasteiger partial charge is 0.264 e. The van der Waals surface area contributed by atoms with Crippen LogP contribution < -0.4 is 13.8 Å². The van der Waals surface area contributed by atoms with Gasteiger partial charge in [-0.2, -0.15) is 0 Å². The maximum absolute atomic E-state index is 13.3. The van der Waals surface area contributed by atoms with Gasteiger partial charge < -0.3 is 9.47 Å². The fourth-order valence-corrected chi connectivity index (χ4v) is 4.51. The lowest BCUT2D eigenvalue weighted by molar-refractivity contribution is 0.354. The first-order chi connectivity index (χ1) is 12.5. The Morgan fingerprint density at radius 2 is 1.58 bits per heavy atom. The lowest BCUT2D eigenvalue weighted by Crippen LogP contribution is -2.31. The van der Waals surface area contributed by atoms with Crippen LogP contribution in [-0.2, 0) is 10.0 Å². The molecule has 0 bridgehead atoms. The zero-order valence-corrected chi connectivity index (χ0v) is 15.8. The van der Waals surface area contributed by atoms with E-state index in [0.29, 0.717) is 23.7 Å². The maximum Gasteiger partial charge on any atom is 0.264 e. The van der Waals surface area contributed by atoms with Crippen LogP contribution in [0.5, 0.6) is 11.5 Å². The molecule has 0 heterocycles. The highest BCUT2D eigenvalue weighted by molar-refractivity contribution is 7.92. The number of sulfonamides is 1. The number of anilines is 1. The number of ether oxygens (including phenoxy) is 2. The highest BCUT2D eigenvalue weighted by Crippen LogP contribution is 2.34. The van der Waals surface area contributed by atoms with Crippen molar-refractivity contribution in [2.75, 3.05) is 25.1 Å². The van der Waals surface area contributed by atoms with Gasteiger partial charge in [0, 0.05) is 18.0 Å². The number of methoxy groups -OCH3 is 2. The van der Waals surface area contributed by atoms with E-state index in [1.807, 2.05) is 49.4 Å². The van der Waals surface area contributed by atoms with Crippen LogP contribution in [-0.4, -0.2) is 29.2 Å². The van der Waals surface area contributed by atoms with E-state index in [-0.39, 0.29) is 4.90 Å². The van der Waals surface area contributed by atoms with Crippen LogP contribution in [0.3, 0.4) is 0 Å². The third kappa shape index (κ3) is 3.08. The Bertz CT molecular complexity index is 1030. The van der Waals surface area contributed by atoms with Crippen LogP contribution in [0.4, 0.5) is 5.69 Å². The number of nitrogens with zero attached hydrogens (tertiary/aromatic N) is 1. The largest absolute Gasteiger partial charge is 0.493 e. The summed E-state index contributed by atoms with van der Waals surface area (Å²) in [7, 11) is -0.758. The predicted octanol–water partition coefficient (Wildman–Crippen LogP) is 4.07. The quantitative estimate of drug-likeness (QED) is 0.655. The molecular formula is C20H21NO4S. The van der Waals surface area contributed by atoms with Gasteiger partial charge in [-0.1, -0.05) is 36.4 Å². The van der Waals surface area contributed by atoms with Crippen LogP contribution in [0, 0.1) is 0 Å². The third-order valence-corrected chi connectivity index (χ3v) is 6.15. The minimum Gasteiger partial charge on any atom is -0.493 e. The van der Waals surface area contributed by atoms with Gasteiger partial charge in [0.25, 0.3) is 10.0 Å². The molecule has 0 saturated heterocycles.